The highest BCUT2D eigenvalue weighted by atomic mass is 16.5. The van der Waals surface area contributed by atoms with Gasteiger partial charge in [-0.1, -0.05) is 66.7 Å². The molecular weight excluding hydrogens is 428 g/mol. The summed E-state index contributed by atoms with van der Waals surface area (Å²) in [5.74, 6) is -0.282. The summed E-state index contributed by atoms with van der Waals surface area (Å²) in [5.41, 5.74) is 11.2. The zero-order chi connectivity index (χ0) is 23.8. The van der Waals surface area contributed by atoms with E-state index in [1.807, 2.05) is 42.5 Å². The van der Waals surface area contributed by atoms with E-state index < -0.39 is 6.09 Å². The lowest BCUT2D eigenvalue weighted by atomic mass is 10.0. The minimum absolute atomic E-state index is 0.179. The topological polar surface area (TPSA) is 106 Å². The van der Waals surface area contributed by atoms with Gasteiger partial charge in [-0.3, -0.25) is 9.78 Å². The molecule has 170 valence electrons. The first-order valence-corrected chi connectivity index (χ1v) is 10.7. The second kappa shape index (κ2) is 10.8. The van der Waals surface area contributed by atoms with Crippen LogP contribution in [0.4, 0.5) is 16.2 Å². The number of nitrogens with one attached hydrogen (secondary N) is 2. The monoisotopic (exact) mass is 452 g/mol. The van der Waals surface area contributed by atoms with E-state index in [0.717, 1.165) is 22.3 Å². The van der Waals surface area contributed by atoms with Gasteiger partial charge in [-0.25, -0.2) is 4.79 Å². The van der Waals surface area contributed by atoms with Crippen molar-refractivity contribution in [1.82, 2.24) is 10.3 Å². The summed E-state index contributed by atoms with van der Waals surface area (Å²) in [6, 6.07) is 26.5. The minimum atomic E-state index is -0.512. The summed E-state index contributed by atoms with van der Waals surface area (Å²) in [6.45, 7) is 0.461. The largest absolute Gasteiger partial charge is 0.445 e. The molecule has 7 heteroatoms. The number of ether oxygens (including phenoxy) is 1. The molecule has 7 nitrogen and oxygen atoms in total. The lowest BCUT2D eigenvalue weighted by Crippen LogP contribution is -2.23. The van der Waals surface area contributed by atoms with Crippen LogP contribution in [0.2, 0.25) is 0 Å². The SMILES string of the molecule is Nc1cnccc1NC(=O)c1ccc(CNC(=O)OCc2ccc(-c3ccccc3)cc2)cc1. The molecule has 0 fully saturated rings. The Hall–Kier alpha value is -4.65. The lowest BCUT2D eigenvalue weighted by molar-refractivity contribution is 0.102. The van der Waals surface area contributed by atoms with Crippen LogP contribution in [0.25, 0.3) is 11.1 Å². The average Bonchev–Trinajstić information content (AvgIpc) is 2.88. The highest BCUT2D eigenvalue weighted by Gasteiger charge is 2.09. The fraction of sp³-hybridized carbons (Fsp3) is 0.0741. The smallest absolute Gasteiger partial charge is 0.407 e. The number of hydrogen-bond acceptors (Lipinski definition) is 5. The van der Waals surface area contributed by atoms with Gasteiger partial charge in [0.15, 0.2) is 0 Å². The molecule has 0 saturated heterocycles. The van der Waals surface area contributed by atoms with Crippen molar-refractivity contribution in [2.45, 2.75) is 13.2 Å². The summed E-state index contributed by atoms with van der Waals surface area (Å²) in [6.07, 6.45) is 2.52. The number of nitrogen functional groups attached to an aromatic ring is 1. The Morgan fingerprint density at radius 3 is 2.21 bits per heavy atom. The van der Waals surface area contributed by atoms with Crippen molar-refractivity contribution >= 4 is 23.4 Å². The maximum atomic E-state index is 12.4. The van der Waals surface area contributed by atoms with Crippen molar-refractivity contribution < 1.29 is 14.3 Å². The molecule has 0 spiro atoms. The standard InChI is InChI=1S/C27H24N4O3/c28-24-17-29-15-14-25(24)31-26(32)23-12-6-19(7-13-23)16-30-27(33)34-18-20-8-10-22(11-9-20)21-4-2-1-3-5-21/h1-15,17H,16,18,28H2,(H,30,33)(H,29,31,32). The van der Waals surface area contributed by atoms with Crippen LogP contribution < -0.4 is 16.4 Å². The second-order valence-electron chi connectivity index (χ2n) is 7.61. The van der Waals surface area contributed by atoms with Gasteiger partial charge in [-0.05, 0) is 40.5 Å². The third kappa shape index (κ3) is 5.98. The van der Waals surface area contributed by atoms with E-state index in [9.17, 15) is 9.59 Å². The van der Waals surface area contributed by atoms with Gasteiger partial charge in [-0.15, -0.1) is 0 Å². The Kier molecular flexibility index (Phi) is 7.15. The molecule has 34 heavy (non-hydrogen) atoms. The van der Waals surface area contributed by atoms with Crippen molar-refractivity contribution in [3.05, 3.63) is 114 Å². The number of nitrogens with zero attached hydrogens (tertiary/aromatic N) is 1. The van der Waals surface area contributed by atoms with Crippen LogP contribution in [0.5, 0.6) is 0 Å². The molecule has 4 rings (SSSR count). The molecule has 0 aliphatic rings. The zero-order valence-electron chi connectivity index (χ0n) is 18.4. The van der Waals surface area contributed by atoms with Crippen molar-refractivity contribution in [3.63, 3.8) is 0 Å². The molecule has 2 amide bonds. The van der Waals surface area contributed by atoms with Gasteiger partial charge in [-0.2, -0.15) is 0 Å². The van der Waals surface area contributed by atoms with Crippen LogP contribution in [0.1, 0.15) is 21.5 Å². The number of alkyl carbamates (subject to hydrolysis) is 1. The quantitative estimate of drug-likeness (QED) is 0.365. The Bertz CT molecular complexity index is 1260. The number of rotatable bonds is 7. The molecule has 4 N–H and O–H groups in total. The summed E-state index contributed by atoms with van der Waals surface area (Å²) in [4.78, 5) is 28.4. The van der Waals surface area contributed by atoms with Crippen molar-refractivity contribution in [1.29, 1.82) is 0 Å². The first kappa shape index (κ1) is 22.5. The van der Waals surface area contributed by atoms with E-state index in [0.29, 0.717) is 16.9 Å². The maximum absolute atomic E-state index is 12.4. The molecule has 0 unspecified atom stereocenters. The van der Waals surface area contributed by atoms with Gasteiger partial charge < -0.3 is 21.1 Å². The lowest BCUT2D eigenvalue weighted by Gasteiger charge is -2.09. The highest BCUT2D eigenvalue weighted by molar-refractivity contribution is 6.05. The minimum Gasteiger partial charge on any atom is -0.445 e. The molecule has 0 atom stereocenters. The molecule has 3 aromatic carbocycles. The first-order valence-electron chi connectivity index (χ1n) is 10.7. The van der Waals surface area contributed by atoms with E-state index in [1.165, 1.54) is 6.20 Å². The molecule has 0 aliphatic carbocycles. The molecule has 1 heterocycles. The van der Waals surface area contributed by atoms with Crippen LogP contribution in [-0.2, 0) is 17.9 Å². The summed E-state index contributed by atoms with van der Waals surface area (Å²) >= 11 is 0. The van der Waals surface area contributed by atoms with E-state index >= 15 is 0 Å². The zero-order valence-corrected chi connectivity index (χ0v) is 18.4. The summed E-state index contributed by atoms with van der Waals surface area (Å²) in [5, 5.41) is 5.46. The van der Waals surface area contributed by atoms with Crippen LogP contribution in [0, 0.1) is 0 Å². The molecule has 0 aliphatic heterocycles. The van der Waals surface area contributed by atoms with Crippen LogP contribution >= 0.6 is 0 Å². The Balaban J connectivity index is 1.23. The predicted octanol–water partition coefficient (Wildman–Crippen LogP) is 5.01. The number of pyridine rings is 1. The van der Waals surface area contributed by atoms with E-state index in [4.69, 9.17) is 10.5 Å². The number of nitrogens with two attached hydrogens (primary N) is 1. The highest BCUT2D eigenvalue weighted by Crippen LogP contribution is 2.20. The van der Waals surface area contributed by atoms with E-state index in [2.05, 4.69) is 27.8 Å². The average molecular weight is 453 g/mol. The first-order chi connectivity index (χ1) is 16.6. The van der Waals surface area contributed by atoms with Crippen molar-refractivity contribution in [2.75, 3.05) is 11.1 Å². The van der Waals surface area contributed by atoms with Gasteiger partial charge >= 0.3 is 6.09 Å². The van der Waals surface area contributed by atoms with Gasteiger partial charge in [0.2, 0.25) is 0 Å². The number of benzene rings is 3. The number of hydrogen-bond donors (Lipinski definition) is 3. The van der Waals surface area contributed by atoms with Gasteiger partial charge in [0.25, 0.3) is 5.91 Å². The number of amides is 2. The maximum Gasteiger partial charge on any atom is 0.407 e. The van der Waals surface area contributed by atoms with Gasteiger partial charge in [0.05, 0.1) is 17.6 Å². The fourth-order valence-corrected chi connectivity index (χ4v) is 3.29. The summed E-state index contributed by atoms with van der Waals surface area (Å²) < 4.78 is 5.30. The van der Waals surface area contributed by atoms with E-state index in [-0.39, 0.29) is 19.1 Å². The number of carbonyl (C=O) groups excluding carboxylic acids is 2. The van der Waals surface area contributed by atoms with Crippen LogP contribution in [0.3, 0.4) is 0 Å². The summed E-state index contributed by atoms with van der Waals surface area (Å²) in [7, 11) is 0. The van der Waals surface area contributed by atoms with Crippen LogP contribution in [-0.4, -0.2) is 17.0 Å². The number of carbonyl (C=O) groups is 2. The van der Waals surface area contributed by atoms with E-state index in [1.54, 1.807) is 36.5 Å². The molecule has 4 aromatic rings. The van der Waals surface area contributed by atoms with Crippen LogP contribution in [0.15, 0.2) is 97.3 Å². The number of aromatic nitrogens is 1. The molecule has 0 saturated carbocycles. The Morgan fingerprint density at radius 1 is 0.824 bits per heavy atom. The van der Waals surface area contributed by atoms with Gasteiger partial charge in [0.1, 0.15) is 6.61 Å². The van der Waals surface area contributed by atoms with Crippen molar-refractivity contribution in [3.8, 4) is 11.1 Å². The second-order valence-corrected chi connectivity index (χ2v) is 7.61. The van der Waals surface area contributed by atoms with Crippen molar-refractivity contribution in [2.24, 2.45) is 0 Å². The molecular formula is C27H24N4O3. The Labute approximate surface area is 197 Å². The molecule has 0 bridgehead atoms. The Morgan fingerprint density at radius 2 is 1.50 bits per heavy atom. The number of anilines is 2. The van der Waals surface area contributed by atoms with Gasteiger partial charge in [0, 0.05) is 18.3 Å². The third-order valence-corrected chi connectivity index (χ3v) is 5.18. The fourth-order valence-electron chi connectivity index (χ4n) is 3.29. The third-order valence-electron chi connectivity index (χ3n) is 5.18. The predicted molar refractivity (Wildman–Crippen MR) is 132 cm³/mol. The molecule has 1 aromatic heterocycles. The molecule has 0 radical (unpaired) electrons. The normalized spacial score (nSPS) is 10.4.